The van der Waals surface area contributed by atoms with Gasteiger partial charge in [-0.15, -0.1) is 0 Å². The van der Waals surface area contributed by atoms with Crippen LogP contribution in [0.5, 0.6) is 0 Å². The van der Waals surface area contributed by atoms with Crippen LogP contribution in [0.1, 0.15) is 81.3 Å². The monoisotopic (exact) mass is 872 g/mol. The summed E-state index contributed by atoms with van der Waals surface area (Å²) in [5.74, 6) is 1.35. The Morgan fingerprint density at radius 2 is 1.43 bits per heavy atom. The summed E-state index contributed by atoms with van der Waals surface area (Å²) in [6.45, 7) is 4.41. The smallest absolute Gasteiger partial charge is 0.407 e. The minimum atomic E-state index is -0.878. The quantitative estimate of drug-likeness (QED) is 0.105. The number of fused-ring (bicyclic) bond motifs is 6. The molecule has 14 heteroatoms. The van der Waals surface area contributed by atoms with E-state index in [0.717, 1.165) is 98.7 Å². The van der Waals surface area contributed by atoms with Gasteiger partial charge < -0.3 is 39.9 Å². The van der Waals surface area contributed by atoms with Crippen LogP contribution in [0, 0.1) is 11.8 Å². The van der Waals surface area contributed by atoms with E-state index in [1.165, 1.54) is 14.2 Å². The molecule has 6 atom stereocenters. The number of likely N-dealkylation sites (tertiary alicyclic amines) is 2. The summed E-state index contributed by atoms with van der Waals surface area (Å²) in [7, 11) is 2.60. The topological polar surface area (TPSA) is 175 Å². The van der Waals surface area contributed by atoms with Gasteiger partial charge in [0.05, 0.1) is 49.2 Å². The molecule has 332 valence electrons. The molecule has 1 aliphatic carbocycles. The van der Waals surface area contributed by atoms with E-state index < -0.39 is 24.3 Å². The number of methoxy groups -OCH3 is 2. The number of nitrogens with zero attached hydrogens (tertiary/aromatic N) is 4. The molecule has 14 nitrogen and oxygen atoms in total. The fraction of sp³-hybridized carbons (Fsp3) is 0.333. The molecule has 3 fully saturated rings. The first-order valence-corrected chi connectivity index (χ1v) is 22.5. The molecular weight excluding hydrogens is 821 g/mol. The Hall–Kier alpha value is -7.22. The van der Waals surface area contributed by atoms with Crippen LogP contribution in [0.4, 0.5) is 9.59 Å². The molecule has 0 radical (unpaired) electrons. The maximum absolute atomic E-state index is 14.4. The molecule has 4 N–H and O–H groups in total. The van der Waals surface area contributed by atoms with Gasteiger partial charge in [0, 0.05) is 23.5 Å². The molecule has 4 heterocycles. The second kappa shape index (κ2) is 17.1. The van der Waals surface area contributed by atoms with Crippen LogP contribution in [0.3, 0.4) is 0 Å². The van der Waals surface area contributed by atoms with Gasteiger partial charge in [-0.2, -0.15) is 0 Å². The van der Waals surface area contributed by atoms with Gasteiger partial charge in [-0.3, -0.25) is 9.59 Å². The number of benzene rings is 5. The Morgan fingerprint density at radius 3 is 2.18 bits per heavy atom. The van der Waals surface area contributed by atoms with E-state index in [1.807, 2.05) is 66.2 Å². The maximum Gasteiger partial charge on any atom is 0.407 e. The lowest BCUT2D eigenvalue weighted by atomic mass is 9.96. The molecule has 7 aromatic rings. The van der Waals surface area contributed by atoms with Crippen molar-refractivity contribution in [3.05, 3.63) is 120 Å². The first-order valence-electron chi connectivity index (χ1n) is 22.5. The molecule has 5 aromatic carbocycles. The Balaban J connectivity index is 0.877. The third kappa shape index (κ3) is 7.70. The van der Waals surface area contributed by atoms with Crippen molar-refractivity contribution in [2.24, 2.45) is 11.8 Å². The highest BCUT2D eigenvalue weighted by Crippen LogP contribution is 2.51. The van der Waals surface area contributed by atoms with Gasteiger partial charge in [0.25, 0.3) is 5.91 Å². The van der Waals surface area contributed by atoms with Crippen LogP contribution in [-0.2, 0) is 19.1 Å². The normalized spacial score (nSPS) is 20.1. The summed E-state index contributed by atoms with van der Waals surface area (Å²) in [6, 6.07) is 30.8. The summed E-state index contributed by atoms with van der Waals surface area (Å²) in [5.41, 5.74) is 6.51. The summed E-state index contributed by atoms with van der Waals surface area (Å²) < 4.78 is 9.71. The number of hydrogen-bond acceptors (Lipinski definition) is 8. The summed E-state index contributed by atoms with van der Waals surface area (Å²) >= 11 is 0. The van der Waals surface area contributed by atoms with E-state index in [1.54, 1.807) is 0 Å². The van der Waals surface area contributed by atoms with Gasteiger partial charge in [0.1, 0.15) is 23.7 Å². The van der Waals surface area contributed by atoms with Gasteiger partial charge in [-0.1, -0.05) is 86.6 Å². The molecule has 1 saturated carbocycles. The number of rotatable bonds is 10. The number of alkyl carbamates (subject to hydrolysis) is 2. The number of aromatic amines is 2. The van der Waals surface area contributed by atoms with Crippen molar-refractivity contribution in [1.82, 2.24) is 40.4 Å². The van der Waals surface area contributed by atoms with Gasteiger partial charge in [-0.25, -0.2) is 19.6 Å². The zero-order valence-electron chi connectivity index (χ0n) is 36.8. The van der Waals surface area contributed by atoms with Gasteiger partial charge in [-0.05, 0) is 101 Å². The lowest BCUT2D eigenvalue weighted by Crippen LogP contribution is -2.51. The zero-order valence-corrected chi connectivity index (χ0v) is 36.8. The molecule has 2 aliphatic heterocycles. The molecule has 2 bridgehead atoms. The predicted octanol–water partition coefficient (Wildman–Crippen LogP) is 9.12. The minimum absolute atomic E-state index is 0.0721. The van der Waals surface area contributed by atoms with Crippen LogP contribution >= 0.6 is 0 Å². The summed E-state index contributed by atoms with van der Waals surface area (Å²) in [5, 5.41) is 9.78. The number of imidazole rings is 2. The number of ether oxygens (including phenoxy) is 2. The van der Waals surface area contributed by atoms with Gasteiger partial charge >= 0.3 is 12.2 Å². The highest BCUT2D eigenvalue weighted by Gasteiger charge is 2.51. The van der Waals surface area contributed by atoms with E-state index in [-0.39, 0.29) is 41.8 Å². The van der Waals surface area contributed by atoms with Crippen molar-refractivity contribution in [3.63, 3.8) is 0 Å². The van der Waals surface area contributed by atoms with Crippen molar-refractivity contribution < 1.29 is 28.7 Å². The molecule has 2 saturated heterocycles. The summed E-state index contributed by atoms with van der Waals surface area (Å²) in [4.78, 5) is 73.4. The second-order valence-corrected chi connectivity index (χ2v) is 17.9. The third-order valence-corrected chi connectivity index (χ3v) is 13.8. The highest BCUT2D eigenvalue weighted by atomic mass is 16.5. The lowest BCUT2D eigenvalue weighted by molar-refractivity contribution is -0.138. The number of H-pyrrole nitrogens is 2. The van der Waals surface area contributed by atoms with Crippen LogP contribution in [0.25, 0.3) is 55.0 Å². The molecule has 3 aliphatic rings. The van der Waals surface area contributed by atoms with Crippen molar-refractivity contribution in [2.75, 3.05) is 20.8 Å². The predicted molar refractivity (Wildman–Crippen MR) is 247 cm³/mol. The van der Waals surface area contributed by atoms with E-state index >= 15 is 0 Å². The van der Waals surface area contributed by atoms with Crippen LogP contribution < -0.4 is 10.6 Å². The third-order valence-electron chi connectivity index (χ3n) is 13.8. The van der Waals surface area contributed by atoms with Crippen molar-refractivity contribution in [1.29, 1.82) is 0 Å². The Kier molecular flexibility index (Phi) is 11.0. The van der Waals surface area contributed by atoms with Crippen molar-refractivity contribution in [3.8, 4) is 22.4 Å². The number of aromatic nitrogens is 4. The first-order chi connectivity index (χ1) is 31.6. The molecule has 4 amide bonds. The van der Waals surface area contributed by atoms with Gasteiger partial charge in [0.15, 0.2) is 0 Å². The van der Waals surface area contributed by atoms with Gasteiger partial charge in [0.2, 0.25) is 5.91 Å². The molecule has 0 spiro atoms. The Bertz CT molecular complexity index is 2960. The zero-order chi connectivity index (χ0) is 44.9. The number of carbonyl (C=O) groups excluding carboxylic acids is 4. The number of nitrogens with one attached hydrogen (secondary N) is 4. The van der Waals surface area contributed by atoms with E-state index in [9.17, 15) is 19.2 Å². The summed E-state index contributed by atoms with van der Waals surface area (Å²) in [6.07, 6.45) is 5.03. The Morgan fingerprint density at radius 1 is 0.738 bits per heavy atom. The van der Waals surface area contributed by atoms with E-state index in [4.69, 9.17) is 19.4 Å². The van der Waals surface area contributed by atoms with Crippen LogP contribution in [-0.4, -0.2) is 86.6 Å². The fourth-order valence-corrected chi connectivity index (χ4v) is 10.5. The van der Waals surface area contributed by atoms with E-state index in [2.05, 4.69) is 81.3 Å². The average molecular weight is 873 g/mol. The average Bonchev–Trinajstić information content (AvgIpc) is 4.20. The minimum Gasteiger partial charge on any atom is -0.453 e. The van der Waals surface area contributed by atoms with Crippen molar-refractivity contribution in [2.45, 2.75) is 76.2 Å². The second-order valence-electron chi connectivity index (χ2n) is 17.9. The number of carbonyl (C=O) groups is 4. The number of piperidine rings is 1. The molecule has 10 rings (SSSR count). The maximum atomic E-state index is 14.4. The molecule has 65 heavy (non-hydrogen) atoms. The standard InChI is InChI=1S/C51H52N8O6/c1-28(2)42(56-50(62)64-3)48(60)58-22-8-11-41(58)46-53-39-21-18-34-24-33(17-20-38(34)44(39)55-46)30-12-13-32-25-35(15-14-31(32)23-30)40-27-52-47(54-40)45-36-16-19-37(26-36)59(45)49(61)43(57-51(63)65-4)29-9-6-5-7-10-29/h5-7,9-10,12-15,17-18,20-21,23-25,27-28,36-37,41-43,45H,8,11,16,19,22,26H2,1-4H3,(H,52,54)(H,53,55)(H,56,62)(H,57,63)/t36-,37+,41-,42-,43+,45-/m0/s1. The number of hydrogen-bond donors (Lipinski definition) is 4. The van der Waals surface area contributed by atoms with Crippen LogP contribution in [0.15, 0.2) is 103 Å². The Labute approximate surface area is 376 Å². The fourth-order valence-electron chi connectivity index (χ4n) is 10.5. The van der Waals surface area contributed by atoms with Crippen molar-refractivity contribution >= 4 is 56.6 Å². The lowest BCUT2D eigenvalue weighted by Gasteiger charge is -2.36. The SMILES string of the molecule is COC(=O)N[C@H](C(=O)N1CCC[C@H]1c1nc2c(ccc3cc(-c4ccc5cc(-c6cnc([C@@H]7[C@H]8CC[C@H](C8)N7C(=O)[C@H](NC(=O)OC)c7ccccc7)[nH]6)ccc5c4)ccc32)[nH]1)C(C)C. The molecular formula is C51H52N8O6. The first kappa shape index (κ1) is 41.8. The number of amides is 4. The largest absolute Gasteiger partial charge is 0.453 e. The molecule has 2 aromatic heterocycles. The van der Waals surface area contributed by atoms with Crippen LogP contribution in [0.2, 0.25) is 0 Å². The van der Waals surface area contributed by atoms with E-state index in [0.29, 0.717) is 12.1 Å². The highest BCUT2D eigenvalue weighted by molar-refractivity contribution is 6.06. The molecule has 0 unspecified atom stereocenters.